The van der Waals surface area contributed by atoms with Crippen LogP contribution in [0.1, 0.15) is 51.5 Å². The number of carbonyl (C=O) groups excluding carboxylic acids is 1. The summed E-state index contributed by atoms with van der Waals surface area (Å²) in [4.78, 5) is 14.9. The normalized spacial score (nSPS) is 15.4. The number of amides is 1. The predicted molar refractivity (Wildman–Crippen MR) is 110 cm³/mol. The molecule has 0 spiro atoms. The van der Waals surface area contributed by atoms with E-state index < -0.39 is 0 Å². The van der Waals surface area contributed by atoms with Crippen molar-refractivity contribution in [3.05, 3.63) is 70.8 Å². The second-order valence-corrected chi connectivity index (χ2v) is 8.92. The maximum absolute atomic E-state index is 13.0. The Morgan fingerprint density at radius 2 is 1.77 bits per heavy atom. The van der Waals surface area contributed by atoms with Crippen LogP contribution in [-0.2, 0) is 0 Å². The van der Waals surface area contributed by atoms with Crippen LogP contribution in [0.2, 0.25) is 0 Å². The maximum atomic E-state index is 13.0. The number of nitrogens with zero attached hydrogens (tertiary/aromatic N) is 2. The summed E-state index contributed by atoms with van der Waals surface area (Å²) in [7, 11) is 0. The molecule has 1 aliphatic rings. The number of nitriles is 1. The van der Waals surface area contributed by atoms with Gasteiger partial charge in [0.2, 0.25) is 0 Å². The first-order valence-electron chi connectivity index (χ1n) is 8.78. The molecule has 3 rings (SSSR count). The molecule has 5 heteroatoms. The fourth-order valence-electron chi connectivity index (χ4n) is 3.11. The first-order valence-corrected chi connectivity index (χ1v) is 10.9. The molecule has 1 amide bonds. The molecule has 1 saturated heterocycles. The van der Waals surface area contributed by atoms with E-state index in [-0.39, 0.29) is 11.9 Å². The number of rotatable bonds is 5. The van der Waals surface area contributed by atoms with Gasteiger partial charge >= 0.3 is 0 Å². The number of carbonyl (C=O) groups is 1. The smallest absolute Gasteiger partial charge is 0.254 e. The minimum absolute atomic E-state index is 0.0409. The summed E-state index contributed by atoms with van der Waals surface area (Å²) in [6, 6.07) is 17.6. The summed E-state index contributed by atoms with van der Waals surface area (Å²) in [5.74, 6) is 2.44. The third-order valence-electron chi connectivity index (χ3n) is 4.64. The minimum Gasteiger partial charge on any atom is -0.332 e. The van der Waals surface area contributed by atoms with Gasteiger partial charge in [-0.3, -0.25) is 4.79 Å². The topological polar surface area (TPSA) is 44.1 Å². The molecule has 134 valence electrons. The lowest BCUT2D eigenvalue weighted by Gasteiger charge is -2.28. The van der Waals surface area contributed by atoms with Crippen molar-refractivity contribution >= 4 is 29.4 Å². The van der Waals surface area contributed by atoms with Crippen LogP contribution in [0.4, 0.5) is 0 Å². The molecule has 26 heavy (non-hydrogen) atoms. The second-order valence-electron chi connectivity index (χ2n) is 6.20. The fourth-order valence-corrected chi connectivity index (χ4v) is 5.97. The van der Waals surface area contributed by atoms with E-state index in [9.17, 15) is 4.79 Å². The molecule has 1 atom stereocenters. The van der Waals surface area contributed by atoms with Gasteiger partial charge in [-0.15, -0.1) is 23.5 Å². The number of hydrogen-bond donors (Lipinski definition) is 0. The number of thioether (sulfide) groups is 2. The van der Waals surface area contributed by atoms with E-state index in [1.807, 2.05) is 66.5 Å². The number of hydrogen-bond acceptors (Lipinski definition) is 4. The molecule has 2 aromatic carbocycles. The molecule has 0 N–H and O–H groups in total. The van der Waals surface area contributed by atoms with Crippen molar-refractivity contribution in [1.29, 1.82) is 5.26 Å². The van der Waals surface area contributed by atoms with Gasteiger partial charge in [0.25, 0.3) is 5.91 Å². The van der Waals surface area contributed by atoms with Crippen molar-refractivity contribution in [2.24, 2.45) is 0 Å². The minimum atomic E-state index is -0.0409. The van der Waals surface area contributed by atoms with Crippen molar-refractivity contribution in [2.75, 3.05) is 18.1 Å². The van der Waals surface area contributed by atoms with Gasteiger partial charge in [0, 0.05) is 23.6 Å². The van der Waals surface area contributed by atoms with Crippen LogP contribution in [-0.4, -0.2) is 28.9 Å². The van der Waals surface area contributed by atoms with Gasteiger partial charge in [-0.25, -0.2) is 0 Å². The summed E-state index contributed by atoms with van der Waals surface area (Å²) < 4.78 is 0.499. The molecule has 3 nitrogen and oxygen atoms in total. The number of benzene rings is 2. The zero-order valence-electron chi connectivity index (χ0n) is 15.0. The third kappa shape index (κ3) is 4.08. The van der Waals surface area contributed by atoms with E-state index in [2.05, 4.69) is 18.2 Å². The van der Waals surface area contributed by atoms with Crippen LogP contribution >= 0.6 is 23.5 Å². The van der Waals surface area contributed by atoms with Gasteiger partial charge in [-0.1, -0.05) is 24.3 Å². The summed E-state index contributed by atoms with van der Waals surface area (Å²) >= 11 is 3.94. The Morgan fingerprint density at radius 3 is 2.31 bits per heavy atom. The van der Waals surface area contributed by atoms with Crippen LogP contribution in [0.3, 0.4) is 0 Å². The molecule has 0 radical (unpaired) electrons. The molecule has 1 fully saturated rings. The molecule has 0 aromatic heterocycles. The average molecular weight is 383 g/mol. The summed E-state index contributed by atoms with van der Waals surface area (Å²) in [6.45, 7) is 4.66. The molecular formula is C21H22N2OS2. The first-order chi connectivity index (χ1) is 12.6. The van der Waals surface area contributed by atoms with E-state index >= 15 is 0 Å². The predicted octanol–water partition coefficient (Wildman–Crippen LogP) is 5.26. The molecule has 1 heterocycles. The van der Waals surface area contributed by atoms with Gasteiger partial charge in [-0.2, -0.15) is 5.26 Å². The van der Waals surface area contributed by atoms with Crippen LogP contribution < -0.4 is 0 Å². The van der Waals surface area contributed by atoms with Crippen molar-refractivity contribution in [3.63, 3.8) is 0 Å². The van der Waals surface area contributed by atoms with Crippen LogP contribution in [0, 0.1) is 11.3 Å². The standard InChI is InChI=1S/C21H22N2OS2/c1-3-23(15(2)17-6-4-16(14-22)5-7-17)20(24)18-8-10-19(11-9-18)21-25-12-13-26-21/h4-11,15,21H,3,12-13H2,1-2H3. The third-order valence-corrected chi connectivity index (χ3v) is 7.75. The summed E-state index contributed by atoms with van der Waals surface area (Å²) in [6.07, 6.45) is 0. The van der Waals surface area contributed by atoms with Crippen LogP contribution in [0.5, 0.6) is 0 Å². The van der Waals surface area contributed by atoms with Crippen molar-refractivity contribution in [1.82, 2.24) is 4.90 Å². The van der Waals surface area contributed by atoms with Gasteiger partial charge in [0.05, 0.1) is 22.3 Å². The SMILES string of the molecule is CCN(C(=O)c1ccc(C2SCCS2)cc1)C(C)c1ccc(C#N)cc1. The largest absolute Gasteiger partial charge is 0.332 e. The second kappa shape index (κ2) is 8.66. The Morgan fingerprint density at radius 1 is 1.15 bits per heavy atom. The van der Waals surface area contributed by atoms with Gasteiger partial charge in [0.1, 0.15) is 0 Å². The monoisotopic (exact) mass is 382 g/mol. The zero-order valence-corrected chi connectivity index (χ0v) is 16.6. The molecule has 0 aliphatic carbocycles. The van der Waals surface area contributed by atoms with E-state index in [0.717, 1.165) is 11.1 Å². The van der Waals surface area contributed by atoms with E-state index in [0.29, 0.717) is 16.7 Å². The maximum Gasteiger partial charge on any atom is 0.254 e. The lowest BCUT2D eigenvalue weighted by atomic mass is 10.0. The highest BCUT2D eigenvalue weighted by atomic mass is 32.2. The summed E-state index contributed by atoms with van der Waals surface area (Å²) in [5, 5.41) is 8.94. The van der Waals surface area contributed by atoms with E-state index in [4.69, 9.17) is 5.26 Å². The van der Waals surface area contributed by atoms with Crippen molar-refractivity contribution in [2.45, 2.75) is 24.5 Å². The Kier molecular flexibility index (Phi) is 6.29. The van der Waals surface area contributed by atoms with E-state index in [1.165, 1.54) is 17.1 Å². The Hall–Kier alpha value is -1.90. The molecule has 1 unspecified atom stereocenters. The molecule has 0 saturated carbocycles. The van der Waals surface area contributed by atoms with Gasteiger partial charge in [0.15, 0.2) is 0 Å². The lowest BCUT2D eigenvalue weighted by Crippen LogP contribution is -2.33. The Balaban J connectivity index is 1.75. The molecule has 0 bridgehead atoms. The van der Waals surface area contributed by atoms with Crippen LogP contribution in [0.15, 0.2) is 48.5 Å². The van der Waals surface area contributed by atoms with E-state index in [1.54, 1.807) is 12.1 Å². The molecule has 1 aliphatic heterocycles. The fraction of sp³-hybridized carbons (Fsp3) is 0.333. The Bertz CT molecular complexity index is 790. The van der Waals surface area contributed by atoms with Gasteiger partial charge < -0.3 is 4.90 Å². The lowest BCUT2D eigenvalue weighted by molar-refractivity contribution is 0.0702. The Labute approximate surface area is 163 Å². The highest BCUT2D eigenvalue weighted by Gasteiger charge is 2.23. The highest BCUT2D eigenvalue weighted by molar-refractivity contribution is 8.19. The highest BCUT2D eigenvalue weighted by Crippen LogP contribution is 2.45. The van der Waals surface area contributed by atoms with Crippen LogP contribution in [0.25, 0.3) is 0 Å². The average Bonchev–Trinajstić information content (AvgIpc) is 3.23. The molecular weight excluding hydrogens is 360 g/mol. The van der Waals surface area contributed by atoms with Crippen molar-refractivity contribution < 1.29 is 4.79 Å². The summed E-state index contributed by atoms with van der Waals surface area (Å²) in [5.41, 5.74) is 3.68. The van der Waals surface area contributed by atoms with Crippen molar-refractivity contribution in [3.8, 4) is 6.07 Å². The quantitative estimate of drug-likeness (QED) is 0.707. The first kappa shape index (κ1) is 18.9. The molecule has 2 aromatic rings. The zero-order chi connectivity index (χ0) is 18.5. The van der Waals surface area contributed by atoms with Gasteiger partial charge in [-0.05, 0) is 49.2 Å².